The highest BCUT2D eigenvalue weighted by Gasteiger charge is 2.03. The second-order valence-electron chi connectivity index (χ2n) is 3.36. The lowest BCUT2D eigenvalue weighted by Gasteiger charge is -2.04. The predicted molar refractivity (Wildman–Crippen MR) is 56.1 cm³/mol. The number of oxazole rings is 1. The van der Waals surface area contributed by atoms with Crippen LogP contribution in [0, 0.1) is 6.92 Å². The lowest BCUT2D eigenvalue weighted by atomic mass is 10.0. The highest BCUT2D eigenvalue weighted by molar-refractivity contribution is 5.58. The number of aromatic nitrogens is 1. The summed E-state index contributed by atoms with van der Waals surface area (Å²) in [6, 6.07) is 6.36. The molecule has 2 heteroatoms. The second-order valence-corrected chi connectivity index (χ2v) is 3.36. The molecule has 0 aliphatic carbocycles. The summed E-state index contributed by atoms with van der Waals surface area (Å²) in [4.78, 5) is 3.90. The second kappa shape index (κ2) is 3.66. The fraction of sp³-hybridized carbons (Fsp3) is 0.250. The van der Waals surface area contributed by atoms with Crippen molar-refractivity contribution < 1.29 is 4.42 Å². The fourth-order valence-electron chi connectivity index (χ4n) is 1.60. The van der Waals surface area contributed by atoms with Crippen LogP contribution in [-0.4, -0.2) is 4.98 Å². The van der Waals surface area contributed by atoms with Gasteiger partial charge in [0.15, 0.2) is 12.2 Å². The molecule has 14 heavy (non-hydrogen) atoms. The van der Waals surface area contributed by atoms with Crippen LogP contribution in [0.15, 0.2) is 35.2 Å². The van der Waals surface area contributed by atoms with Crippen LogP contribution in [0.1, 0.15) is 18.1 Å². The summed E-state index contributed by atoms with van der Waals surface area (Å²) in [5, 5.41) is 0. The molecule has 2 nitrogen and oxygen atoms in total. The normalized spacial score (nSPS) is 10.4. The van der Waals surface area contributed by atoms with Crippen molar-refractivity contribution in [3.8, 4) is 11.3 Å². The quantitative estimate of drug-likeness (QED) is 0.721. The van der Waals surface area contributed by atoms with Gasteiger partial charge in [0, 0.05) is 5.56 Å². The minimum atomic E-state index is 0.829. The van der Waals surface area contributed by atoms with Crippen LogP contribution < -0.4 is 0 Å². The molecule has 1 aromatic heterocycles. The van der Waals surface area contributed by atoms with E-state index in [-0.39, 0.29) is 0 Å². The summed E-state index contributed by atoms with van der Waals surface area (Å²) in [6.07, 6.45) is 4.27. The van der Waals surface area contributed by atoms with Gasteiger partial charge in [-0.15, -0.1) is 0 Å². The Morgan fingerprint density at radius 2 is 2.21 bits per heavy atom. The topological polar surface area (TPSA) is 26.0 Å². The molecule has 0 aliphatic rings. The maximum atomic E-state index is 5.24. The van der Waals surface area contributed by atoms with Crippen molar-refractivity contribution in [2.24, 2.45) is 0 Å². The molecule has 0 unspecified atom stereocenters. The van der Waals surface area contributed by atoms with Gasteiger partial charge >= 0.3 is 0 Å². The molecule has 0 spiro atoms. The summed E-state index contributed by atoms with van der Waals surface area (Å²) in [5.74, 6) is 0.829. The minimum absolute atomic E-state index is 0.829. The van der Waals surface area contributed by atoms with E-state index in [0.717, 1.165) is 17.7 Å². The van der Waals surface area contributed by atoms with Crippen molar-refractivity contribution in [2.45, 2.75) is 20.3 Å². The van der Waals surface area contributed by atoms with E-state index in [2.05, 4.69) is 37.0 Å². The molecular formula is C12H13NO. The van der Waals surface area contributed by atoms with Gasteiger partial charge in [-0.05, 0) is 30.5 Å². The first-order chi connectivity index (χ1) is 6.81. The zero-order valence-electron chi connectivity index (χ0n) is 8.45. The molecule has 0 bridgehead atoms. The van der Waals surface area contributed by atoms with Gasteiger partial charge in [-0.25, -0.2) is 4.98 Å². The Bertz CT molecular complexity index is 418. The summed E-state index contributed by atoms with van der Waals surface area (Å²) in [6.45, 7) is 4.29. The minimum Gasteiger partial charge on any atom is -0.444 e. The zero-order valence-corrected chi connectivity index (χ0v) is 8.45. The van der Waals surface area contributed by atoms with E-state index in [1.54, 1.807) is 6.20 Å². The van der Waals surface area contributed by atoms with Gasteiger partial charge in [0.05, 0.1) is 6.20 Å². The van der Waals surface area contributed by atoms with Gasteiger partial charge in [-0.2, -0.15) is 0 Å². The van der Waals surface area contributed by atoms with Gasteiger partial charge < -0.3 is 4.42 Å². The predicted octanol–water partition coefficient (Wildman–Crippen LogP) is 3.21. The van der Waals surface area contributed by atoms with Crippen molar-refractivity contribution in [3.05, 3.63) is 41.9 Å². The van der Waals surface area contributed by atoms with Gasteiger partial charge in [0.2, 0.25) is 0 Å². The molecule has 2 rings (SSSR count). The van der Waals surface area contributed by atoms with E-state index < -0.39 is 0 Å². The van der Waals surface area contributed by atoms with E-state index >= 15 is 0 Å². The van der Waals surface area contributed by atoms with Crippen LogP contribution in [-0.2, 0) is 6.42 Å². The molecule has 1 aromatic carbocycles. The van der Waals surface area contributed by atoms with Crippen LogP contribution in [0.5, 0.6) is 0 Å². The Kier molecular flexibility index (Phi) is 2.35. The molecule has 0 aliphatic heterocycles. The van der Waals surface area contributed by atoms with Crippen molar-refractivity contribution in [1.29, 1.82) is 0 Å². The van der Waals surface area contributed by atoms with Gasteiger partial charge in [0.25, 0.3) is 0 Å². The van der Waals surface area contributed by atoms with Crippen molar-refractivity contribution >= 4 is 0 Å². The maximum absolute atomic E-state index is 5.24. The molecule has 0 radical (unpaired) electrons. The maximum Gasteiger partial charge on any atom is 0.181 e. The van der Waals surface area contributed by atoms with Crippen molar-refractivity contribution in [3.63, 3.8) is 0 Å². The Morgan fingerprint density at radius 3 is 2.79 bits per heavy atom. The first-order valence-electron chi connectivity index (χ1n) is 4.79. The highest BCUT2D eigenvalue weighted by Crippen LogP contribution is 2.21. The van der Waals surface area contributed by atoms with Crippen LogP contribution >= 0.6 is 0 Å². The van der Waals surface area contributed by atoms with Crippen LogP contribution in [0.3, 0.4) is 0 Å². The lowest BCUT2D eigenvalue weighted by Crippen LogP contribution is -1.86. The van der Waals surface area contributed by atoms with E-state index in [9.17, 15) is 0 Å². The number of benzene rings is 1. The van der Waals surface area contributed by atoms with Crippen LogP contribution in [0.2, 0.25) is 0 Å². The third-order valence-corrected chi connectivity index (χ3v) is 2.44. The molecule has 1 heterocycles. The smallest absolute Gasteiger partial charge is 0.181 e. The molecule has 0 amide bonds. The van der Waals surface area contributed by atoms with Crippen LogP contribution in [0.4, 0.5) is 0 Å². The van der Waals surface area contributed by atoms with Crippen molar-refractivity contribution in [2.75, 3.05) is 0 Å². The third-order valence-electron chi connectivity index (χ3n) is 2.44. The number of rotatable bonds is 2. The molecule has 0 saturated carbocycles. The lowest BCUT2D eigenvalue weighted by molar-refractivity contribution is 0.572. The number of aryl methyl sites for hydroxylation is 2. The standard InChI is InChI=1S/C12H13NO/c1-3-10-4-5-11(6-9(10)2)12-7-13-8-14-12/h4-8H,3H2,1-2H3. The fourth-order valence-corrected chi connectivity index (χ4v) is 1.60. The van der Waals surface area contributed by atoms with Crippen molar-refractivity contribution in [1.82, 2.24) is 4.98 Å². The average Bonchev–Trinajstić information content (AvgIpc) is 2.70. The molecule has 2 aromatic rings. The molecule has 72 valence electrons. The SMILES string of the molecule is CCc1ccc(-c2cnco2)cc1C. The molecule has 0 atom stereocenters. The van der Waals surface area contributed by atoms with Gasteiger partial charge in [0.1, 0.15) is 0 Å². The van der Waals surface area contributed by atoms with Crippen LogP contribution in [0.25, 0.3) is 11.3 Å². The molecule has 0 saturated heterocycles. The third kappa shape index (κ3) is 1.55. The summed E-state index contributed by atoms with van der Waals surface area (Å²) >= 11 is 0. The van der Waals surface area contributed by atoms with E-state index in [4.69, 9.17) is 4.42 Å². The largest absolute Gasteiger partial charge is 0.444 e. The molecular weight excluding hydrogens is 174 g/mol. The Morgan fingerprint density at radius 1 is 1.36 bits per heavy atom. The first kappa shape index (κ1) is 9.00. The zero-order chi connectivity index (χ0) is 9.97. The summed E-state index contributed by atoms with van der Waals surface area (Å²) in [7, 11) is 0. The molecule has 0 N–H and O–H groups in total. The number of hydrogen-bond acceptors (Lipinski definition) is 2. The number of hydrogen-bond donors (Lipinski definition) is 0. The summed E-state index contributed by atoms with van der Waals surface area (Å²) in [5.41, 5.74) is 3.78. The van der Waals surface area contributed by atoms with Gasteiger partial charge in [-0.3, -0.25) is 0 Å². The van der Waals surface area contributed by atoms with Gasteiger partial charge in [-0.1, -0.05) is 19.1 Å². The monoisotopic (exact) mass is 187 g/mol. The Balaban J connectivity index is 2.43. The summed E-state index contributed by atoms with van der Waals surface area (Å²) < 4.78 is 5.24. The molecule has 0 fully saturated rings. The van der Waals surface area contributed by atoms with E-state index in [1.165, 1.54) is 17.5 Å². The highest BCUT2D eigenvalue weighted by atomic mass is 16.3. The first-order valence-corrected chi connectivity index (χ1v) is 4.79. The average molecular weight is 187 g/mol. The number of nitrogens with zero attached hydrogens (tertiary/aromatic N) is 1. The van der Waals surface area contributed by atoms with E-state index in [1.807, 2.05) is 0 Å². The van der Waals surface area contributed by atoms with E-state index in [0.29, 0.717) is 0 Å². The Hall–Kier alpha value is -1.57. The Labute approximate surface area is 83.6 Å².